The van der Waals surface area contributed by atoms with E-state index in [4.69, 9.17) is 4.98 Å². The third-order valence-electron chi connectivity index (χ3n) is 8.50. The van der Waals surface area contributed by atoms with E-state index in [9.17, 15) is 0 Å². The molecule has 9 aromatic rings. The average molecular weight is 615 g/mol. The van der Waals surface area contributed by atoms with Gasteiger partial charge >= 0.3 is 0 Å². The minimum Gasteiger partial charge on any atom is -0.309 e. The number of benzene rings is 7. The fraction of sp³-hybridized carbons (Fsp3) is 0. The van der Waals surface area contributed by atoms with Gasteiger partial charge < -0.3 is 4.57 Å². The van der Waals surface area contributed by atoms with Crippen molar-refractivity contribution < 1.29 is 0 Å². The number of rotatable bonds is 4. The Morgan fingerprint density at radius 2 is 1.07 bits per heavy atom. The van der Waals surface area contributed by atoms with E-state index in [1.54, 1.807) is 0 Å². The maximum Gasteiger partial charge on any atom is 0.145 e. The molecule has 0 unspecified atom stereocenters. The van der Waals surface area contributed by atoms with Crippen LogP contribution in [0, 0.1) is 0 Å². The molecule has 7 aromatic carbocycles. The third kappa shape index (κ3) is 3.77. The smallest absolute Gasteiger partial charge is 0.145 e. The van der Waals surface area contributed by atoms with E-state index in [1.807, 2.05) is 12.1 Å². The van der Waals surface area contributed by atoms with Crippen molar-refractivity contribution in [3.05, 3.63) is 150 Å². The molecular formula is C39H24BrN3. The van der Waals surface area contributed by atoms with Gasteiger partial charge in [-0.2, -0.15) is 0 Å². The molecule has 2 aromatic heterocycles. The van der Waals surface area contributed by atoms with E-state index >= 15 is 0 Å². The highest BCUT2D eigenvalue weighted by Crippen LogP contribution is 2.42. The zero-order chi connectivity index (χ0) is 28.5. The van der Waals surface area contributed by atoms with Crippen LogP contribution >= 0.6 is 15.9 Å². The summed E-state index contributed by atoms with van der Waals surface area (Å²) in [7, 11) is 0. The van der Waals surface area contributed by atoms with Crippen LogP contribution < -0.4 is 0 Å². The second-order valence-electron chi connectivity index (χ2n) is 11.0. The average Bonchev–Trinajstić information content (AvgIpc) is 3.61. The SMILES string of the molecule is Brc1cc2ccc3cc(-c4ccc(-n5c(-c6ccccc6)nc6ccccc65)cc4)cc4c3c2c(c1)n4-c1ccccc1. The molecule has 0 radical (unpaired) electrons. The van der Waals surface area contributed by atoms with Gasteiger partial charge in [-0.25, -0.2) is 4.98 Å². The highest BCUT2D eigenvalue weighted by molar-refractivity contribution is 9.10. The Labute approximate surface area is 256 Å². The van der Waals surface area contributed by atoms with Crippen molar-refractivity contribution >= 4 is 59.5 Å². The van der Waals surface area contributed by atoms with Gasteiger partial charge in [0, 0.05) is 32.2 Å². The minimum absolute atomic E-state index is 0.944. The number of fused-ring (bicyclic) bond motifs is 1. The van der Waals surface area contributed by atoms with E-state index in [2.05, 4.69) is 159 Å². The normalized spacial score (nSPS) is 11.8. The number of imidazole rings is 1. The van der Waals surface area contributed by atoms with Crippen LogP contribution in [0.4, 0.5) is 0 Å². The van der Waals surface area contributed by atoms with Crippen LogP contribution in [0.25, 0.3) is 77.5 Å². The topological polar surface area (TPSA) is 22.8 Å². The summed E-state index contributed by atoms with van der Waals surface area (Å²) in [5.41, 5.74) is 10.2. The fourth-order valence-electron chi connectivity index (χ4n) is 6.62. The molecule has 0 aliphatic heterocycles. The summed E-state index contributed by atoms with van der Waals surface area (Å²) in [6.45, 7) is 0. The van der Waals surface area contributed by atoms with E-state index in [1.165, 1.54) is 43.7 Å². The van der Waals surface area contributed by atoms with Crippen LogP contribution in [0.1, 0.15) is 0 Å². The van der Waals surface area contributed by atoms with Crippen LogP contribution in [0.5, 0.6) is 0 Å². The van der Waals surface area contributed by atoms with Gasteiger partial charge in [0.1, 0.15) is 5.82 Å². The van der Waals surface area contributed by atoms with Crippen LogP contribution in [-0.2, 0) is 0 Å². The van der Waals surface area contributed by atoms with Crippen molar-refractivity contribution in [1.82, 2.24) is 14.1 Å². The second-order valence-corrected chi connectivity index (χ2v) is 11.9. The standard InChI is InChI=1S/C39H24BrN3/c40-30-22-28-16-15-27-21-29(23-35-37(27)38(28)36(24-30)42(35)31-11-5-2-6-12-31)25-17-19-32(20-18-25)43-34-14-8-7-13-33(34)41-39(43)26-9-3-1-4-10-26/h1-24H. The number of hydrogen-bond acceptors (Lipinski definition) is 1. The lowest BCUT2D eigenvalue weighted by Gasteiger charge is -2.12. The van der Waals surface area contributed by atoms with Gasteiger partial charge in [-0.1, -0.05) is 101 Å². The zero-order valence-corrected chi connectivity index (χ0v) is 24.7. The molecule has 0 N–H and O–H groups in total. The number of nitrogens with zero attached hydrogens (tertiary/aromatic N) is 3. The lowest BCUT2D eigenvalue weighted by atomic mass is 9.97. The first-order valence-electron chi connectivity index (χ1n) is 14.4. The van der Waals surface area contributed by atoms with Gasteiger partial charge in [-0.05, 0) is 82.6 Å². The molecule has 0 aliphatic carbocycles. The van der Waals surface area contributed by atoms with Crippen LogP contribution in [0.2, 0.25) is 0 Å². The summed E-state index contributed by atoms with van der Waals surface area (Å²) in [6.07, 6.45) is 0. The summed E-state index contributed by atoms with van der Waals surface area (Å²) in [4.78, 5) is 5.02. The molecule has 0 spiro atoms. The van der Waals surface area contributed by atoms with Gasteiger partial charge in [0.05, 0.1) is 22.1 Å². The van der Waals surface area contributed by atoms with Crippen LogP contribution in [0.15, 0.2) is 150 Å². The van der Waals surface area contributed by atoms with Crippen LogP contribution in [-0.4, -0.2) is 14.1 Å². The molecule has 0 amide bonds. The predicted octanol–water partition coefficient (Wildman–Crippen LogP) is 10.8. The number of halogens is 1. The molecule has 9 rings (SSSR count). The monoisotopic (exact) mass is 613 g/mol. The minimum atomic E-state index is 0.944. The van der Waals surface area contributed by atoms with Crippen LogP contribution in [0.3, 0.4) is 0 Å². The van der Waals surface area contributed by atoms with Crippen molar-refractivity contribution in [3.8, 4) is 33.9 Å². The van der Waals surface area contributed by atoms with E-state index in [-0.39, 0.29) is 0 Å². The van der Waals surface area contributed by atoms with Crippen molar-refractivity contribution in [2.24, 2.45) is 0 Å². The molecular weight excluding hydrogens is 590 g/mol. The highest BCUT2D eigenvalue weighted by Gasteiger charge is 2.19. The maximum atomic E-state index is 5.02. The Hall–Kier alpha value is -5.19. The summed E-state index contributed by atoms with van der Waals surface area (Å²) < 4.78 is 5.74. The van der Waals surface area contributed by atoms with Crippen molar-refractivity contribution in [1.29, 1.82) is 0 Å². The van der Waals surface area contributed by atoms with Gasteiger partial charge in [-0.15, -0.1) is 0 Å². The molecule has 4 heteroatoms. The molecule has 0 fully saturated rings. The van der Waals surface area contributed by atoms with Gasteiger partial charge in [0.2, 0.25) is 0 Å². The number of hydrogen-bond donors (Lipinski definition) is 0. The first-order valence-corrected chi connectivity index (χ1v) is 15.2. The first kappa shape index (κ1) is 24.4. The van der Waals surface area contributed by atoms with E-state index in [0.717, 1.165) is 38.3 Å². The summed E-state index contributed by atoms with van der Waals surface area (Å²) >= 11 is 3.76. The molecule has 0 atom stereocenters. The molecule has 3 nitrogen and oxygen atoms in total. The molecule has 0 saturated carbocycles. The third-order valence-corrected chi connectivity index (χ3v) is 8.96. The second kappa shape index (κ2) is 9.41. The Morgan fingerprint density at radius 3 is 1.84 bits per heavy atom. The molecule has 0 aliphatic rings. The van der Waals surface area contributed by atoms with Gasteiger partial charge in [0.25, 0.3) is 0 Å². The molecule has 0 bridgehead atoms. The summed E-state index contributed by atoms with van der Waals surface area (Å²) in [5.74, 6) is 0.944. The Bertz CT molecular complexity index is 2440. The molecule has 0 saturated heterocycles. The van der Waals surface area contributed by atoms with Crippen molar-refractivity contribution in [2.75, 3.05) is 0 Å². The molecule has 43 heavy (non-hydrogen) atoms. The zero-order valence-electron chi connectivity index (χ0n) is 23.1. The lowest BCUT2D eigenvalue weighted by Crippen LogP contribution is -1.97. The summed E-state index contributed by atoms with van der Waals surface area (Å²) in [5, 5.41) is 5.11. The van der Waals surface area contributed by atoms with Gasteiger partial charge in [-0.3, -0.25) is 4.57 Å². The molecule has 2 heterocycles. The fourth-order valence-corrected chi connectivity index (χ4v) is 7.09. The predicted molar refractivity (Wildman–Crippen MR) is 183 cm³/mol. The number of para-hydroxylation sites is 3. The lowest BCUT2D eigenvalue weighted by molar-refractivity contribution is 1.10. The Morgan fingerprint density at radius 1 is 0.442 bits per heavy atom. The van der Waals surface area contributed by atoms with Crippen molar-refractivity contribution in [3.63, 3.8) is 0 Å². The van der Waals surface area contributed by atoms with Gasteiger partial charge in [0.15, 0.2) is 0 Å². The van der Waals surface area contributed by atoms with E-state index < -0.39 is 0 Å². The number of aromatic nitrogens is 3. The van der Waals surface area contributed by atoms with E-state index in [0.29, 0.717) is 0 Å². The summed E-state index contributed by atoms with van der Waals surface area (Å²) in [6, 6.07) is 51.9. The van der Waals surface area contributed by atoms with Crippen molar-refractivity contribution in [2.45, 2.75) is 0 Å². The molecule has 202 valence electrons. The quantitative estimate of drug-likeness (QED) is 0.181. The maximum absolute atomic E-state index is 5.02. The first-order chi connectivity index (χ1) is 21.2. The Kier molecular flexibility index (Phi) is 5.34. The highest BCUT2D eigenvalue weighted by atomic mass is 79.9. The largest absolute Gasteiger partial charge is 0.309 e. The Balaban J connectivity index is 1.24.